The molecule has 1 heteroatoms. The van der Waals surface area contributed by atoms with E-state index in [1.54, 1.807) is 5.57 Å². The smallest absolute Gasteiger partial charge is 0.104 e. The molecule has 0 aromatic heterocycles. The summed E-state index contributed by atoms with van der Waals surface area (Å²) in [5.74, 6) is 0.735. The van der Waals surface area contributed by atoms with Crippen molar-refractivity contribution in [2.24, 2.45) is 11.3 Å². The molecule has 2 atom stereocenters. The first-order chi connectivity index (χ1) is 7.09. The number of hydrogen-bond donors (Lipinski definition) is 0. The van der Waals surface area contributed by atoms with Crippen LogP contribution in [0, 0.1) is 11.3 Å². The van der Waals surface area contributed by atoms with Gasteiger partial charge in [-0.15, -0.1) is 0 Å². The lowest BCUT2D eigenvalue weighted by Gasteiger charge is -2.41. The Hall–Kier alpha value is -0.330. The molecule has 0 amide bonds. The summed E-state index contributed by atoms with van der Waals surface area (Å²) >= 11 is 0. The van der Waals surface area contributed by atoms with Gasteiger partial charge in [-0.05, 0) is 43.4 Å². The zero-order chi connectivity index (χ0) is 10.9. The van der Waals surface area contributed by atoms with Crippen LogP contribution in [-0.4, -0.2) is 6.17 Å². The van der Waals surface area contributed by atoms with Crippen LogP contribution in [0.3, 0.4) is 0 Å². The van der Waals surface area contributed by atoms with Gasteiger partial charge in [-0.2, -0.15) is 0 Å². The monoisotopic (exact) mass is 210 g/mol. The van der Waals surface area contributed by atoms with E-state index < -0.39 is 6.17 Å². The van der Waals surface area contributed by atoms with Crippen molar-refractivity contribution >= 4 is 0 Å². The number of rotatable bonds is 1. The number of alkyl halides is 1. The summed E-state index contributed by atoms with van der Waals surface area (Å²) < 4.78 is 13.1. The van der Waals surface area contributed by atoms with Gasteiger partial charge in [0.25, 0.3) is 0 Å². The van der Waals surface area contributed by atoms with Crippen molar-refractivity contribution in [2.45, 2.75) is 65.0 Å². The maximum atomic E-state index is 13.1. The molecule has 0 radical (unpaired) electrons. The molecule has 2 unspecified atom stereocenters. The Kier molecular flexibility index (Phi) is 3.18. The Balaban J connectivity index is 2.08. The highest BCUT2D eigenvalue weighted by Gasteiger charge is 2.35. The van der Waals surface area contributed by atoms with Crippen molar-refractivity contribution in [1.82, 2.24) is 0 Å². The molecule has 0 heterocycles. The Bertz CT molecular complexity index is 252. The van der Waals surface area contributed by atoms with Gasteiger partial charge in [0.1, 0.15) is 6.17 Å². The molecular formula is C14H23F. The molecule has 15 heavy (non-hydrogen) atoms. The Morgan fingerprint density at radius 2 is 2.07 bits per heavy atom. The Morgan fingerprint density at radius 1 is 1.27 bits per heavy atom. The van der Waals surface area contributed by atoms with Crippen molar-refractivity contribution in [3.05, 3.63) is 11.6 Å². The van der Waals surface area contributed by atoms with E-state index in [4.69, 9.17) is 0 Å². The third-order valence-corrected chi connectivity index (χ3v) is 4.34. The van der Waals surface area contributed by atoms with Crippen molar-refractivity contribution < 1.29 is 4.39 Å². The average molecular weight is 210 g/mol. The first-order valence-corrected chi connectivity index (χ1v) is 6.42. The highest BCUT2D eigenvalue weighted by Crippen LogP contribution is 2.46. The number of halogens is 1. The van der Waals surface area contributed by atoms with Gasteiger partial charge in [0, 0.05) is 0 Å². The second kappa shape index (κ2) is 4.27. The van der Waals surface area contributed by atoms with Gasteiger partial charge in [0.05, 0.1) is 0 Å². The van der Waals surface area contributed by atoms with Gasteiger partial charge in [-0.1, -0.05) is 38.3 Å². The van der Waals surface area contributed by atoms with E-state index in [0.29, 0.717) is 11.8 Å². The van der Waals surface area contributed by atoms with Crippen molar-refractivity contribution in [3.63, 3.8) is 0 Å². The lowest BCUT2D eigenvalue weighted by Crippen LogP contribution is -2.30. The minimum atomic E-state index is -0.569. The Labute approximate surface area is 92.9 Å². The van der Waals surface area contributed by atoms with Crippen LogP contribution in [0.4, 0.5) is 4.39 Å². The second-order valence-corrected chi connectivity index (χ2v) is 5.94. The van der Waals surface area contributed by atoms with Crippen molar-refractivity contribution in [3.8, 4) is 0 Å². The summed E-state index contributed by atoms with van der Waals surface area (Å²) in [7, 11) is 0. The summed E-state index contributed by atoms with van der Waals surface area (Å²) in [4.78, 5) is 0. The first-order valence-electron chi connectivity index (χ1n) is 6.42. The molecule has 2 aliphatic rings. The minimum Gasteiger partial charge on any atom is -0.247 e. The van der Waals surface area contributed by atoms with Crippen LogP contribution < -0.4 is 0 Å². The summed E-state index contributed by atoms with van der Waals surface area (Å²) in [6.45, 7) is 4.78. The number of allylic oxidation sites excluding steroid dienone is 2. The van der Waals surface area contributed by atoms with Crippen LogP contribution >= 0.6 is 0 Å². The molecule has 86 valence electrons. The van der Waals surface area contributed by atoms with Crippen LogP contribution in [0.2, 0.25) is 0 Å². The fraction of sp³-hybridized carbons (Fsp3) is 0.857. The first kappa shape index (κ1) is 11.2. The third-order valence-electron chi connectivity index (χ3n) is 4.34. The molecule has 1 saturated carbocycles. The SMILES string of the molecule is CC1(C)CCCCC1C1=CCC(F)CC1. The summed E-state index contributed by atoms with van der Waals surface area (Å²) in [6.07, 6.45) is 9.48. The van der Waals surface area contributed by atoms with E-state index >= 15 is 0 Å². The molecular weight excluding hydrogens is 187 g/mol. The predicted molar refractivity (Wildman–Crippen MR) is 62.6 cm³/mol. The minimum absolute atomic E-state index is 0.452. The van der Waals surface area contributed by atoms with Crippen LogP contribution in [0.25, 0.3) is 0 Å². The normalized spacial score (nSPS) is 36.1. The zero-order valence-electron chi connectivity index (χ0n) is 10.1. The lowest BCUT2D eigenvalue weighted by atomic mass is 9.64. The van der Waals surface area contributed by atoms with Crippen LogP contribution in [0.15, 0.2) is 11.6 Å². The van der Waals surface area contributed by atoms with Gasteiger partial charge in [-0.25, -0.2) is 4.39 Å². The predicted octanol–water partition coefficient (Wildman–Crippen LogP) is 4.65. The van der Waals surface area contributed by atoms with Crippen LogP contribution in [0.1, 0.15) is 58.8 Å². The largest absolute Gasteiger partial charge is 0.247 e. The molecule has 1 fully saturated rings. The van der Waals surface area contributed by atoms with Gasteiger partial charge in [0.15, 0.2) is 0 Å². The molecule has 0 aromatic rings. The topological polar surface area (TPSA) is 0 Å². The quantitative estimate of drug-likeness (QED) is 0.552. The fourth-order valence-corrected chi connectivity index (χ4v) is 3.32. The van der Waals surface area contributed by atoms with Crippen LogP contribution in [-0.2, 0) is 0 Å². The lowest BCUT2D eigenvalue weighted by molar-refractivity contribution is 0.158. The number of hydrogen-bond acceptors (Lipinski definition) is 0. The fourth-order valence-electron chi connectivity index (χ4n) is 3.32. The van der Waals surface area contributed by atoms with Gasteiger partial charge in [0.2, 0.25) is 0 Å². The van der Waals surface area contributed by atoms with E-state index in [1.807, 2.05) is 0 Å². The standard InChI is InChI=1S/C14H23F/c1-14(2)10-4-3-5-13(14)11-6-8-12(15)9-7-11/h6,12-13H,3-5,7-10H2,1-2H3. The van der Waals surface area contributed by atoms with Crippen molar-refractivity contribution in [1.29, 1.82) is 0 Å². The highest BCUT2D eigenvalue weighted by atomic mass is 19.1. The highest BCUT2D eigenvalue weighted by molar-refractivity contribution is 5.14. The molecule has 0 bridgehead atoms. The molecule has 2 aliphatic carbocycles. The van der Waals surface area contributed by atoms with Gasteiger partial charge in [-0.3, -0.25) is 0 Å². The van der Waals surface area contributed by atoms with E-state index in [1.165, 1.54) is 25.7 Å². The van der Waals surface area contributed by atoms with E-state index in [0.717, 1.165) is 18.8 Å². The van der Waals surface area contributed by atoms with Crippen molar-refractivity contribution in [2.75, 3.05) is 0 Å². The maximum Gasteiger partial charge on any atom is 0.104 e. The third kappa shape index (κ3) is 2.43. The Morgan fingerprint density at radius 3 is 2.67 bits per heavy atom. The summed E-state index contributed by atoms with van der Waals surface area (Å²) in [5, 5.41) is 0. The maximum absolute atomic E-state index is 13.1. The second-order valence-electron chi connectivity index (χ2n) is 5.94. The molecule has 0 aliphatic heterocycles. The van der Waals surface area contributed by atoms with E-state index in [9.17, 15) is 4.39 Å². The van der Waals surface area contributed by atoms with E-state index in [2.05, 4.69) is 19.9 Å². The summed E-state index contributed by atoms with van der Waals surface area (Å²) in [6, 6.07) is 0. The molecule has 0 saturated heterocycles. The average Bonchev–Trinajstić information content (AvgIpc) is 2.19. The molecule has 2 rings (SSSR count). The molecule has 0 spiro atoms. The zero-order valence-corrected chi connectivity index (χ0v) is 10.1. The summed E-state index contributed by atoms with van der Waals surface area (Å²) in [5.41, 5.74) is 2.02. The van der Waals surface area contributed by atoms with E-state index in [-0.39, 0.29) is 0 Å². The molecule has 0 N–H and O–H groups in total. The molecule has 0 aromatic carbocycles. The molecule has 0 nitrogen and oxygen atoms in total. The van der Waals surface area contributed by atoms with Gasteiger partial charge >= 0.3 is 0 Å². The van der Waals surface area contributed by atoms with Gasteiger partial charge < -0.3 is 0 Å². The van der Waals surface area contributed by atoms with Crippen LogP contribution in [0.5, 0.6) is 0 Å².